The third kappa shape index (κ3) is 4.14. The number of hydrogen-bond acceptors (Lipinski definition) is 5. The van der Waals surface area contributed by atoms with Gasteiger partial charge in [-0.25, -0.2) is 9.97 Å². The molecule has 1 amide bonds. The minimum absolute atomic E-state index is 0.0777. The smallest absolute Gasteiger partial charge is 0.253 e. The molecule has 0 bridgehead atoms. The van der Waals surface area contributed by atoms with Crippen LogP contribution in [0.4, 0.5) is 0 Å². The molecular weight excluding hydrogens is 294 g/mol. The number of nitrogens with zero attached hydrogens (tertiary/aromatic N) is 4. The van der Waals surface area contributed by atoms with Crippen molar-refractivity contribution in [3.63, 3.8) is 0 Å². The van der Waals surface area contributed by atoms with Crippen molar-refractivity contribution in [1.82, 2.24) is 24.8 Å². The van der Waals surface area contributed by atoms with E-state index in [4.69, 9.17) is 4.74 Å². The van der Waals surface area contributed by atoms with Crippen LogP contribution in [0.2, 0.25) is 0 Å². The molecule has 0 radical (unpaired) electrons. The van der Waals surface area contributed by atoms with Crippen molar-refractivity contribution < 1.29 is 9.53 Å². The molecule has 0 aromatic carbocycles. The van der Waals surface area contributed by atoms with E-state index in [2.05, 4.69) is 20.2 Å². The predicted octanol–water partition coefficient (Wildman–Crippen LogP) is 0.718. The first kappa shape index (κ1) is 15.6. The van der Waals surface area contributed by atoms with Crippen molar-refractivity contribution >= 4 is 5.91 Å². The van der Waals surface area contributed by atoms with E-state index in [-0.39, 0.29) is 11.9 Å². The molecule has 1 unspecified atom stereocenters. The molecule has 122 valence electrons. The number of carbonyl (C=O) groups excluding carboxylic acids is 1. The summed E-state index contributed by atoms with van der Waals surface area (Å²) in [5.41, 5.74) is 0.558. The highest BCUT2D eigenvalue weighted by molar-refractivity contribution is 5.94. The second kappa shape index (κ2) is 7.34. The van der Waals surface area contributed by atoms with Gasteiger partial charge in [-0.3, -0.25) is 14.3 Å². The normalized spacial score (nSPS) is 16.9. The average molecular weight is 315 g/mol. The molecule has 3 rings (SSSR count). The molecule has 23 heavy (non-hydrogen) atoms. The summed E-state index contributed by atoms with van der Waals surface area (Å²) in [4.78, 5) is 22.9. The lowest BCUT2D eigenvalue weighted by Crippen LogP contribution is -2.46. The fourth-order valence-corrected chi connectivity index (χ4v) is 2.59. The van der Waals surface area contributed by atoms with Crippen LogP contribution in [0.3, 0.4) is 0 Å². The van der Waals surface area contributed by atoms with Gasteiger partial charge in [0, 0.05) is 44.3 Å². The minimum atomic E-state index is -0.101. The highest BCUT2D eigenvalue weighted by Gasteiger charge is 2.16. The van der Waals surface area contributed by atoms with Gasteiger partial charge in [-0.15, -0.1) is 0 Å². The number of hydrogen-bond donors (Lipinski definition) is 1. The Bertz CT molecular complexity index is 620. The Balaban J connectivity index is 1.55. The zero-order valence-corrected chi connectivity index (χ0v) is 13.2. The Hall–Kier alpha value is -2.25. The number of nitrogens with one attached hydrogen (secondary N) is 1. The monoisotopic (exact) mass is 315 g/mol. The first-order chi connectivity index (χ1) is 11.2. The Morgan fingerprint density at radius 3 is 2.87 bits per heavy atom. The van der Waals surface area contributed by atoms with Gasteiger partial charge in [0.05, 0.1) is 18.8 Å². The van der Waals surface area contributed by atoms with Gasteiger partial charge in [0.2, 0.25) is 0 Å². The topological polar surface area (TPSA) is 72.3 Å². The average Bonchev–Trinajstić information content (AvgIpc) is 3.10. The fourth-order valence-electron chi connectivity index (χ4n) is 2.59. The molecule has 1 fully saturated rings. The van der Waals surface area contributed by atoms with Gasteiger partial charge in [-0.2, -0.15) is 0 Å². The van der Waals surface area contributed by atoms with Gasteiger partial charge < -0.3 is 10.1 Å². The Morgan fingerprint density at radius 1 is 1.39 bits per heavy atom. The van der Waals surface area contributed by atoms with Crippen LogP contribution in [0.1, 0.15) is 17.3 Å². The minimum Gasteiger partial charge on any atom is -0.379 e. The van der Waals surface area contributed by atoms with Gasteiger partial charge in [0.15, 0.2) is 0 Å². The number of imidazole rings is 1. The summed E-state index contributed by atoms with van der Waals surface area (Å²) in [6.07, 6.45) is 6.76. The maximum absolute atomic E-state index is 12.3. The maximum atomic E-state index is 12.3. The van der Waals surface area contributed by atoms with E-state index >= 15 is 0 Å². The largest absolute Gasteiger partial charge is 0.379 e. The Labute approximate surface area is 135 Å². The van der Waals surface area contributed by atoms with Crippen molar-refractivity contribution in [2.75, 3.05) is 32.8 Å². The van der Waals surface area contributed by atoms with E-state index in [9.17, 15) is 4.79 Å². The Kier molecular flexibility index (Phi) is 4.99. The van der Waals surface area contributed by atoms with Crippen LogP contribution in [0.15, 0.2) is 37.1 Å². The van der Waals surface area contributed by atoms with E-state index in [0.717, 1.165) is 38.7 Å². The number of aromatic nitrogens is 3. The summed E-state index contributed by atoms with van der Waals surface area (Å²) in [5, 5.41) is 3.02. The molecule has 3 heterocycles. The van der Waals surface area contributed by atoms with E-state index in [1.807, 2.05) is 19.2 Å². The van der Waals surface area contributed by atoms with Crippen LogP contribution in [0.25, 0.3) is 5.82 Å². The summed E-state index contributed by atoms with van der Waals surface area (Å²) >= 11 is 0. The van der Waals surface area contributed by atoms with E-state index in [1.54, 1.807) is 29.4 Å². The zero-order valence-electron chi connectivity index (χ0n) is 13.2. The molecule has 1 saturated heterocycles. The van der Waals surface area contributed by atoms with Crippen molar-refractivity contribution in [2.45, 2.75) is 13.0 Å². The van der Waals surface area contributed by atoms with Crippen molar-refractivity contribution in [2.24, 2.45) is 0 Å². The van der Waals surface area contributed by atoms with E-state index in [1.165, 1.54) is 0 Å². The van der Waals surface area contributed by atoms with Crippen LogP contribution in [0, 0.1) is 0 Å². The summed E-state index contributed by atoms with van der Waals surface area (Å²) in [5.74, 6) is 0.635. The molecule has 1 N–H and O–H groups in total. The van der Waals surface area contributed by atoms with Crippen LogP contribution in [-0.4, -0.2) is 64.2 Å². The molecule has 0 aliphatic carbocycles. The highest BCUT2D eigenvalue weighted by atomic mass is 16.5. The number of morpholine rings is 1. The Morgan fingerprint density at radius 2 is 2.22 bits per heavy atom. The third-order valence-corrected chi connectivity index (χ3v) is 3.79. The molecule has 2 aromatic rings. The second-order valence-corrected chi connectivity index (χ2v) is 5.66. The first-order valence-corrected chi connectivity index (χ1v) is 7.78. The molecule has 7 nitrogen and oxygen atoms in total. The van der Waals surface area contributed by atoms with Gasteiger partial charge in [0.1, 0.15) is 12.1 Å². The van der Waals surface area contributed by atoms with Crippen LogP contribution in [0.5, 0.6) is 0 Å². The fraction of sp³-hybridized carbons (Fsp3) is 0.438. The third-order valence-electron chi connectivity index (χ3n) is 3.79. The van der Waals surface area contributed by atoms with Gasteiger partial charge in [0.25, 0.3) is 5.91 Å². The summed E-state index contributed by atoms with van der Waals surface area (Å²) in [6, 6.07) is 3.66. The number of ether oxygens (including phenoxy) is 1. The molecule has 2 aromatic heterocycles. The van der Waals surface area contributed by atoms with Gasteiger partial charge in [-0.1, -0.05) is 0 Å². The summed E-state index contributed by atoms with van der Waals surface area (Å²) < 4.78 is 7.12. The first-order valence-electron chi connectivity index (χ1n) is 7.78. The van der Waals surface area contributed by atoms with Crippen molar-refractivity contribution in [3.8, 4) is 5.82 Å². The lowest BCUT2D eigenvalue weighted by molar-refractivity contribution is 0.0342. The molecule has 0 saturated carbocycles. The lowest BCUT2D eigenvalue weighted by atomic mass is 10.2. The maximum Gasteiger partial charge on any atom is 0.253 e. The van der Waals surface area contributed by atoms with E-state index < -0.39 is 0 Å². The molecule has 1 aliphatic heterocycles. The van der Waals surface area contributed by atoms with Crippen LogP contribution < -0.4 is 5.32 Å². The number of pyridine rings is 1. The van der Waals surface area contributed by atoms with E-state index in [0.29, 0.717) is 5.56 Å². The summed E-state index contributed by atoms with van der Waals surface area (Å²) in [7, 11) is 0. The van der Waals surface area contributed by atoms with Crippen molar-refractivity contribution in [3.05, 3.63) is 42.6 Å². The lowest BCUT2D eigenvalue weighted by Gasteiger charge is -2.29. The number of rotatable bonds is 5. The standard InChI is InChI=1S/C16H21N5O2/c1-13(11-20-6-8-23-9-7-20)19-16(22)14-2-3-15(18-10-14)21-5-4-17-12-21/h2-5,10,12-13H,6-9,11H2,1H3,(H,19,22). The number of amides is 1. The van der Waals surface area contributed by atoms with Crippen LogP contribution >= 0.6 is 0 Å². The quantitative estimate of drug-likeness (QED) is 0.880. The SMILES string of the molecule is CC(CN1CCOCC1)NC(=O)c1ccc(-n2ccnc2)nc1. The van der Waals surface area contributed by atoms with Crippen LogP contribution in [-0.2, 0) is 4.74 Å². The predicted molar refractivity (Wildman–Crippen MR) is 85.5 cm³/mol. The summed E-state index contributed by atoms with van der Waals surface area (Å²) in [6.45, 7) is 6.21. The zero-order chi connectivity index (χ0) is 16.1. The molecular formula is C16H21N5O2. The van der Waals surface area contributed by atoms with Gasteiger partial charge >= 0.3 is 0 Å². The molecule has 1 aliphatic rings. The second-order valence-electron chi connectivity index (χ2n) is 5.66. The molecule has 1 atom stereocenters. The molecule has 0 spiro atoms. The van der Waals surface area contributed by atoms with Gasteiger partial charge in [-0.05, 0) is 19.1 Å². The number of carbonyl (C=O) groups is 1. The highest BCUT2D eigenvalue weighted by Crippen LogP contribution is 2.06. The van der Waals surface area contributed by atoms with Crippen molar-refractivity contribution in [1.29, 1.82) is 0 Å². The molecule has 7 heteroatoms.